The quantitative estimate of drug-likeness (QED) is 0.791. The van der Waals surface area contributed by atoms with Gasteiger partial charge in [-0.05, 0) is 39.9 Å². The molecule has 0 aliphatic rings. The third-order valence-corrected chi connectivity index (χ3v) is 3.04. The standard InChI is InChI=1S/C8H8BrOS/c1-11-8-3-2-6(5-10)4-7(8)9/h2-5,10H,1H3. The molecule has 1 N–H and O–H groups in total. The summed E-state index contributed by atoms with van der Waals surface area (Å²) in [6.07, 6.45) is 2.02. The Morgan fingerprint density at radius 1 is 1.55 bits per heavy atom. The van der Waals surface area contributed by atoms with Gasteiger partial charge in [-0.1, -0.05) is 6.07 Å². The van der Waals surface area contributed by atoms with Gasteiger partial charge in [0.1, 0.15) is 6.61 Å². The average Bonchev–Trinajstić information content (AvgIpc) is 2.04. The van der Waals surface area contributed by atoms with E-state index in [2.05, 4.69) is 15.9 Å². The minimum atomic E-state index is 0.815. The number of benzene rings is 1. The van der Waals surface area contributed by atoms with E-state index in [1.807, 2.05) is 24.5 Å². The number of hydrogen-bond donors (Lipinski definition) is 1. The van der Waals surface area contributed by atoms with Crippen LogP contribution in [0.1, 0.15) is 5.56 Å². The number of aliphatic hydroxyl groups is 1. The van der Waals surface area contributed by atoms with Crippen molar-refractivity contribution in [3.05, 3.63) is 34.8 Å². The highest BCUT2D eigenvalue weighted by atomic mass is 79.9. The summed E-state index contributed by atoms with van der Waals surface area (Å²) in [7, 11) is 0. The first-order chi connectivity index (χ1) is 5.27. The van der Waals surface area contributed by atoms with E-state index in [0.29, 0.717) is 0 Å². The zero-order valence-corrected chi connectivity index (χ0v) is 8.45. The summed E-state index contributed by atoms with van der Waals surface area (Å²) in [5, 5.41) is 8.67. The van der Waals surface area contributed by atoms with E-state index in [9.17, 15) is 0 Å². The first-order valence-electron chi connectivity index (χ1n) is 3.09. The minimum absolute atomic E-state index is 0.815. The highest BCUT2D eigenvalue weighted by molar-refractivity contribution is 9.10. The molecule has 3 heteroatoms. The van der Waals surface area contributed by atoms with Crippen molar-refractivity contribution in [1.29, 1.82) is 0 Å². The third-order valence-electron chi connectivity index (χ3n) is 1.32. The monoisotopic (exact) mass is 231 g/mol. The Hall–Kier alpha value is 0.01000. The Morgan fingerprint density at radius 3 is 2.73 bits per heavy atom. The van der Waals surface area contributed by atoms with E-state index in [0.717, 1.165) is 16.6 Å². The second-order valence-electron chi connectivity index (χ2n) is 2.02. The van der Waals surface area contributed by atoms with Crippen LogP contribution in [-0.2, 0) is 0 Å². The molecule has 1 aromatic rings. The SMILES string of the molecule is CSc1ccc([CH]O)cc1Br. The Bertz CT molecular complexity index is 250. The van der Waals surface area contributed by atoms with Gasteiger partial charge in [0, 0.05) is 9.37 Å². The van der Waals surface area contributed by atoms with Crippen LogP contribution in [0, 0.1) is 6.61 Å². The first kappa shape index (κ1) is 9.10. The Kier molecular flexibility index (Phi) is 3.43. The van der Waals surface area contributed by atoms with Gasteiger partial charge in [0.15, 0.2) is 0 Å². The van der Waals surface area contributed by atoms with Gasteiger partial charge < -0.3 is 5.11 Å². The Morgan fingerprint density at radius 2 is 2.27 bits per heavy atom. The summed E-state index contributed by atoms with van der Waals surface area (Å²) in [5.41, 5.74) is 0.815. The smallest absolute Gasteiger partial charge is 0.109 e. The van der Waals surface area contributed by atoms with Crippen LogP contribution in [0.2, 0.25) is 0 Å². The molecule has 0 saturated carbocycles. The van der Waals surface area contributed by atoms with E-state index < -0.39 is 0 Å². The third kappa shape index (κ3) is 2.22. The molecule has 0 aliphatic heterocycles. The van der Waals surface area contributed by atoms with E-state index in [4.69, 9.17) is 5.11 Å². The molecular formula is C8H8BrOS. The topological polar surface area (TPSA) is 20.2 Å². The Labute approximate surface area is 78.9 Å². The van der Waals surface area contributed by atoms with Gasteiger partial charge >= 0.3 is 0 Å². The zero-order valence-electron chi connectivity index (χ0n) is 6.04. The number of aliphatic hydroxyl groups excluding tert-OH is 1. The van der Waals surface area contributed by atoms with Crippen LogP contribution in [0.3, 0.4) is 0 Å². The molecule has 0 unspecified atom stereocenters. The molecule has 0 spiro atoms. The van der Waals surface area contributed by atoms with Gasteiger partial charge in [0.2, 0.25) is 0 Å². The lowest BCUT2D eigenvalue weighted by molar-refractivity contribution is 0.415. The van der Waals surface area contributed by atoms with Gasteiger partial charge in [-0.3, -0.25) is 0 Å². The van der Waals surface area contributed by atoms with E-state index in [1.54, 1.807) is 11.8 Å². The molecule has 0 fully saturated rings. The maximum atomic E-state index is 8.67. The molecule has 1 rings (SSSR count). The van der Waals surface area contributed by atoms with Crippen molar-refractivity contribution in [2.24, 2.45) is 0 Å². The lowest BCUT2D eigenvalue weighted by atomic mass is 10.2. The van der Waals surface area contributed by atoms with Crippen molar-refractivity contribution in [2.75, 3.05) is 6.26 Å². The molecule has 1 radical (unpaired) electrons. The summed E-state index contributed by atoms with van der Waals surface area (Å²) in [5.74, 6) is 0. The van der Waals surface area contributed by atoms with Gasteiger partial charge in [-0.2, -0.15) is 0 Å². The Balaban J connectivity index is 2.99. The van der Waals surface area contributed by atoms with E-state index in [-0.39, 0.29) is 0 Å². The first-order valence-corrected chi connectivity index (χ1v) is 5.10. The fourth-order valence-corrected chi connectivity index (χ4v) is 2.10. The van der Waals surface area contributed by atoms with Gasteiger partial charge in [0.25, 0.3) is 0 Å². The molecule has 0 amide bonds. The molecule has 59 valence electrons. The molecule has 0 heterocycles. The lowest BCUT2D eigenvalue weighted by Crippen LogP contribution is -1.80. The molecule has 1 nitrogen and oxygen atoms in total. The van der Waals surface area contributed by atoms with E-state index in [1.165, 1.54) is 4.90 Å². The van der Waals surface area contributed by atoms with Crippen molar-refractivity contribution in [3.63, 3.8) is 0 Å². The van der Waals surface area contributed by atoms with Crippen LogP contribution < -0.4 is 0 Å². The normalized spacial score (nSPS) is 10.1. The maximum absolute atomic E-state index is 8.67. The van der Waals surface area contributed by atoms with Crippen LogP contribution >= 0.6 is 27.7 Å². The predicted octanol–water partition coefficient (Wildman–Crippen LogP) is 3.05. The van der Waals surface area contributed by atoms with Gasteiger partial charge in [-0.25, -0.2) is 0 Å². The van der Waals surface area contributed by atoms with Crippen molar-refractivity contribution in [2.45, 2.75) is 4.90 Å². The van der Waals surface area contributed by atoms with Crippen LogP contribution in [-0.4, -0.2) is 11.4 Å². The zero-order chi connectivity index (χ0) is 8.27. The second kappa shape index (κ2) is 4.14. The van der Waals surface area contributed by atoms with Gasteiger partial charge in [0.05, 0.1) is 0 Å². The molecule has 0 bridgehead atoms. The fourth-order valence-electron chi connectivity index (χ4n) is 0.763. The molecule has 1 aromatic carbocycles. The molecule has 0 atom stereocenters. The van der Waals surface area contributed by atoms with Crippen molar-refractivity contribution in [1.82, 2.24) is 0 Å². The van der Waals surface area contributed by atoms with Crippen LogP contribution in [0.5, 0.6) is 0 Å². The van der Waals surface area contributed by atoms with Crippen molar-refractivity contribution in [3.8, 4) is 0 Å². The average molecular weight is 232 g/mol. The molecular weight excluding hydrogens is 224 g/mol. The summed E-state index contributed by atoms with van der Waals surface area (Å²) < 4.78 is 1.02. The molecule has 11 heavy (non-hydrogen) atoms. The number of thioether (sulfide) groups is 1. The van der Waals surface area contributed by atoms with Gasteiger partial charge in [-0.15, -0.1) is 11.8 Å². The van der Waals surface area contributed by atoms with E-state index >= 15 is 0 Å². The highest BCUT2D eigenvalue weighted by Gasteiger charge is 1.98. The summed E-state index contributed by atoms with van der Waals surface area (Å²) in [6.45, 7) is 1.09. The van der Waals surface area contributed by atoms with Crippen molar-refractivity contribution < 1.29 is 5.11 Å². The predicted molar refractivity (Wildman–Crippen MR) is 51.3 cm³/mol. The molecule has 0 saturated heterocycles. The highest BCUT2D eigenvalue weighted by Crippen LogP contribution is 2.26. The van der Waals surface area contributed by atoms with Crippen LogP contribution in [0.25, 0.3) is 0 Å². The summed E-state index contributed by atoms with van der Waals surface area (Å²) >= 11 is 5.07. The number of rotatable bonds is 2. The largest absolute Gasteiger partial charge is 0.385 e. The minimum Gasteiger partial charge on any atom is -0.385 e. The number of hydrogen-bond acceptors (Lipinski definition) is 2. The maximum Gasteiger partial charge on any atom is 0.109 e. The molecule has 0 aliphatic carbocycles. The summed E-state index contributed by atoms with van der Waals surface area (Å²) in [6, 6.07) is 5.72. The second-order valence-corrected chi connectivity index (χ2v) is 3.73. The van der Waals surface area contributed by atoms with Crippen molar-refractivity contribution >= 4 is 27.7 Å². The molecule has 0 aromatic heterocycles. The fraction of sp³-hybridized carbons (Fsp3) is 0.125. The van der Waals surface area contributed by atoms with Crippen LogP contribution in [0.4, 0.5) is 0 Å². The number of halogens is 1. The lowest BCUT2D eigenvalue weighted by Gasteiger charge is -2.01. The summed E-state index contributed by atoms with van der Waals surface area (Å²) in [4.78, 5) is 1.18. The van der Waals surface area contributed by atoms with Crippen LogP contribution in [0.15, 0.2) is 27.6 Å².